The van der Waals surface area contributed by atoms with Gasteiger partial charge in [0.25, 0.3) is 5.91 Å². The van der Waals surface area contributed by atoms with Gasteiger partial charge in [-0.05, 0) is 37.8 Å². The van der Waals surface area contributed by atoms with E-state index in [0.29, 0.717) is 11.5 Å². The molecule has 1 aliphatic rings. The van der Waals surface area contributed by atoms with Crippen LogP contribution in [0.15, 0.2) is 24.3 Å². The molecule has 1 aromatic carbocycles. The molecule has 2 N–H and O–H groups in total. The first-order chi connectivity index (χ1) is 11.1. The maximum atomic E-state index is 12.7. The van der Waals surface area contributed by atoms with Crippen LogP contribution < -0.4 is 10.6 Å². The largest absolute Gasteiger partial charge is 0.352 e. The Balaban J connectivity index is 2.21. The number of amides is 4. The van der Waals surface area contributed by atoms with Crippen LogP contribution in [0.2, 0.25) is 0 Å². The number of nitrogens with zero attached hydrogens (tertiary/aromatic N) is 1. The van der Waals surface area contributed by atoms with Crippen molar-refractivity contribution < 1.29 is 14.4 Å². The van der Waals surface area contributed by atoms with E-state index in [4.69, 9.17) is 0 Å². The summed E-state index contributed by atoms with van der Waals surface area (Å²) in [6.07, 6.45) is 0. The van der Waals surface area contributed by atoms with Crippen LogP contribution in [-0.2, 0) is 15.1 Å². The molecule has 4 amide bonds. The number of benzene rings is 1. The second kappa shape index (κ2) is 6.63. The number of hydrogen-bond donors (Lipinski definition) is 2. The lowest BCUT2D eigenvalue weighted by atomic mass is 9.90. The highest BCUT2D eigenvalue weighted by Gasteiger charge is 2.49. The number of carbonyl (C=O) groups excluding carboxylic acids is 3. The predicted octanol–water partition coefficient (Wildman–Crippen LogP) is 2.10. The van der Waals surface area contributed by atoms with Crippen LogP contribution in [0, 0.1) is 0 Å². The van der Waals surface area contributed by atoms with Crippen molar-refractivity contribution in [2.75, 3.05) is 6.54 Å². The molecule has 1 fully saturated rings. The molecular formula is C18H25N3O3. The predicted molar refractivity (Wildman–Crippen MR) is 91.4 cm³/mol. The summed E-state index contributed by atoms with van der Waals surface area (Å²) < 4.78 is 0. The normalized spacial score (nSPS) is 20.7. The van der Waals surface area contributed by atoms with E-state index < -0.39 is 17.5 Å². The fourth-order valence-corrected chi connectivity index (χ4v) is 2.75. The van der Waals surface area contributed by atoms with Gasteiger partial charge < -0.3 is 10.6 Å². The Labute approximate surface area is 142 Å². The SMILES string of the molecule is CC(C)NC(=O)CN1C(=O)N[C@](C)(c2ccc(C(C)C)cc2)C1=O. The van der Waals surface area contributed by atoms with Gasteiger partial charge in [0.15, 0.2) is 0 Å². The number of rotatable bonds is 5. The lowest BCUT2D eigenvalue weighted by molar-refractivity contribution is -0.135. The molecule has 0 spiro atoms. The van der Waals surface area contributed by atoms with Crippen LogP contribution in [0.1, 0.15) is 51.7 Å². The average Bonchev–Trinajstić information content (AvgIpc) is 2.71. The maximum absolute atomic E-state index is 12.7. The van der Waals surface area contributed by atoms with Gasteiger partial charge in [-0.25, -0.2) is 4.79 Å². The summed E-state index contributed by atoms with van der Waals surface area (Å²) in [5.41, 5.74) is 0.717. The zero-order valence-corrected chi connectivity index (χ0v) is 14.8. The van der Waals surface area contributed by atoms with Gasteiger partial charge in [0.2, 0.25) is 5.91 Å². The summed E-state index contributed by atoms with van der Waals surface area (Å²) in [7, 11) is 0. The van der Waals surface area contributed by atoms with Gasteiger partial charge >= 0.3 is 6.03 Å². The Morgan fingerprint density at radius 3 is 2.25 bits per heavy atom. The summed E-state index contributed by atoms with van der Waals surface area (Å²) in [4.78, 5) is 37.8. The van der Waals surface area contributed by atoms with Crippen molar-refractivity contribution >= 4 is 17.8 Å². The third-order valence-corrected chi connectivity index (χ3v) is 4.18. The lowest BCUT2D eigenvalue weighted by Gasteiger charge is -2.23. The maximum Gasteiger partial charge on any atom is 0.325 e. The molecule has 6 nitrogen and oxygen atoms in total. The van der Waals surface area contributed by atoms with Crippen LogP contribution in [0.4, 0.5) is 4.79 Å². The van der Waals surface area contributed by atoms with Gasteiger partial charge in [0, 0.05) is 6.04 Å². The molecule has 0 aromatic heterocycles. The standard InChI is InChI=1S/C18H25N3O3/c1-11(2)13-6-8-14(9-7-13)18(5)16(23)21(17(24)20-18)10-15(22)19-12(3)4/h6-9,11-12H,10H2,1-5H3,(H,19,22)(H,20,24)/t18-/m1/s1. The summed E-state index contributed by atoms with van der Waals surface area (Å²) in [5.74, 6) is -0.381. The van der Waals surface area contributed by atoms with E-state index in [9.17, 15) is 14.4 Å². The summed E-state index contributed by atoms with van der Waals surface area (Å²) in [6, 6.07) is 7.02. The Hall–Kier alpha value is -2.37. The molecule has 2 rings (SSSR count). The highest BCUT2D eigenvalue weighted by molar-refractivity contribution is 6.09. The molecule has 1 atom stereocenters. The average molecular weight is 331 g/mol. The zero-order chi connectivity index (χ0) is 18.1. The lowest BCUT2D eigenvalue weighted by Crippen LogP contribution is -2.44. The van der Waals surface area contributed by atoms with Crippen molar-refractivity contribution in [3.63, 3.8) is 0 Å². The molecule has 0 bridgehead atoms. The van der Waals surface area contributed by atoms with Gasteiger partial charge in [-0.3, -0.25) is 14.5 Å². The second-order valence-electron chi connectivity index (χ2n) is 6.95. The van der Waals surface area contributed by atoms with E-state index in [1.54, 1.807) is 6.92 Å². The first kappa shape index (κ1) is 18.0. The van der Waals surface area contributed by atoms with Crippen molar-refractivity contribution in [2.24, 2.45) is 0 Å². The molecule has 6 heteroatoms. The number of imide groups is 1. The summed E-state index contributed by atoms with van der Waals surface area (Å²) in [5, 5.41) is 5.40. The highest BCUT2D eigenvalue weighted by atomic mass is 16.2. The first-order valence-electron chi connectivity index (χ1n) is 8.19. The molecule has 24 heavy (non-hydrogen) atoms. The number of nitrogens with one attached hydrogen (secondary N) is 2. The Bertz CT molecular complexity index is 652. The van der Waals surface area contributed by atoms with E-state index in [2.05, 4.69) is 24.5 Å². The molecule has 0 aliphatic carbocycles. The van der Waals surface area contributed by atoms with Crippen molar-refractivity contribution in [3.8, 4) is 0 Å². The molecular weight excluding hydrogens is 306 g/mol. The third kappa shape index (κ3) is 3.42. The van der Waals surface area contributed by atoms with Gasteiger partial charge in [-0.15, -0.1) is 0 Å². The molecule has 0 radical (unpaired) electrons. The van der Waals surface area contributed by atoms with Crippen LogP contribution >= 0.6 is 0 Å². The molecule has 1 aromatic rings. The van der Waals surface area contributed by atoms with Crippen molar-refractivity contribution in [1.82, 2.24) is 15.5 Å². The minimum absolute atomic E-state index is 0.0479. The van der Waals surface area contributed by atoms with Gasteiger partial charge in [0.1, 0.15) is 12.1 Å². The minimum Gasteiger partial charge on any atom is -0.352 e. The highest BCUT2D eigenvalue weighted by Crippen LogP contribution is 2.29. The molecule has 0 unspecified atom stereocenters. The monoisotopic (exact) mass is 331 g/mol. The smallest absolute Gasteiger partial charge is 0.325 e. The van der Waals surface area contributed by atoms with Crippen molar-refractivity contribution in [1.29, 1.82) is 0 Å². The number of carbonyl (C=O) groups is 3. The van der Waals surface area contributed by atoms with E-state index in [0.717, 1.165) is 10.5 Å². The van der Waals surface area contributed by atoms with Crippen LogP contribution in [0.25, 0.3) is 0 Å². The van der Waals surface area contributed by atoms with E-state index >= 15 is 0 Å². The Morgan fingerprint density at radius 1 is 1.17 bits per heavy atom. The van der Waals surface area contributed by atoms with Crippen molar-refractivity contribution in [2.45, 2.75) is 52.1 Å². The van der Waals surface area contributed by atoms with Crippen molar-refractivity contribution in [3.05, 3.63) is 35.4 Å². The molecule has 1 saturated heterocycles. The number of urea groups is 1. The van der Waals surface area contributed by atoms with Crippen LogP contribution in [-0.4, -0.2) is 35.3 Å². The van der Waals surface area contributed by atoms with Crippen LogP contribution in [0.3, 0.4) is 0 Å². The molecule has 1 heterocycles. The Kier molecular flexibility index (Phi) is 4.96. The molecule has 130 valence electrons. The third-order valence-electron chi connectivity index (χ3n) is 4.18. The van der Waals surface area contributed by atoms with E-state index in [-0.39, 0.29) is 18.5 Å². The van der Waals surface area contributed by atoms with Gasteiger partial charge in [-0.2, -0.15) is 0 Å². The fraction of sp³-hybridized carbons (Fsp3) is 0.500. The first-order valence-corrected chi connectivity index (χ1v) is 8.19. The quantitative estimate of drug-likeness (QED) is 0.811. The second-order valence-corrected chi connectivity index (χ2v) is 6.95. The van der Waals surface area contributed by atoms with Crippen LogP contribution in [0.5, 0.6) is 0 Å². The minimum atomic E-state index is -1.15. The topological polar surface area (TPSA) is 78.5 Å². The van der Waals surface area contributed by atoms with Gasteiger partial charge in [0.05, 0.1) is 0 Å². The summed E-state index contributed by atoms with van der Waals surface area (Å²) in [6.45, 7) is 9.22. The zero-order valence-electron chi connectivity index (χ0n) is 14.8. The summed E-state index contributed by atoms with van der Waals surface area (Å²) >= 11 is 0. The molecule has 0 saturated carbocycles. The molecule has 1 aliphatic heterocycles. The van der Waals surface area contributed by atoms with Gasteiger partial charge in [-0.1, -0.05) is 38.1 Å². The Morgan fingerprint density at radius 2 is 1.75 bits per heavy atom. The van der Waals surface area contributed by atoms with E-state index in [1.165, 1.54) is 0 Å². The number of hydrogen-bond acceptors (Lipinski definition) is 3. The fourth-order valence-electron chi connectivity index (χ4n) is 2.75. The van der Waals surface area contributed by atoms with E-state index in [1.807, 2.05) is 38.1 Å².